The van der Waals surface area contributed by atoms with E-state index in [1.807, 2.05) is 32.9 Å². The number of aromatic nitrogens is 2. The Balaban J connectivity index is 2.56. The first-order valence-electron chi connectivity index (χ1n) is 6.30. The first-order valence-corrected chi connectivity index (χ1v) is 7.09. The van der Waals surface area contributed by atoms with E-state index in [-0.39, 0.29) is 5.56 Å². The van der Waals surface area contributed by atoms with Crippen molar-refractivity contribution in [2.75, 3.05) is 0 Å². The van der Waals surface area contributed by atoms with Crippen LogP contribution in [0.4, 0.5) is 0 Å². The molecule has 20 heavy (non-hydrogen) atoms. The minimum absolute atomic E-state index is 0.168. The smallest absolute Gasteiger partial charge is 0.339 e. The molecule has 0 bridgehead atoms. The van der Waals surface area contributed by atoms with Gasteiger partial charge in [-0.2, -0.15) is 0 Å². The Kier molecular flexibility index (Phi) is 4.18. The van der Waals surface area contributed by atoms with Gasteiger partial charge in [-0.25, -0.2) is 14.8 Å². The molecule has 4 nitrogen and oxygen atoms in total. The maximum atomic E-state index is 11.1. The van der Waals surface area contributed by atoms with Gasteiger partial charge in [-0.1, -0.05) is 22.9 Å². The third-order valence-electron chi connectivity index (χ3n) is 3.13. The lowest BCUT2D eigenvalue weighted by molar-refractivity contribution is 0.0694. The number of aryl methyl sites for hydroxylation is 3. The number of nitrogens with zero attached hydrogens (tertiary/aromatic N) is 2. The molecule has 0 saturated carbocycles. The van der Waals surface area contributed by atoms with E-state index in [2.05, 4.69) is 25.9 Å². The van der Waals surface area contributed by atoms with Gasteiger partial charge in [-0.05, 0) is 43.5 Å². The Bertz CT molecular complexity index is 661. The Morgan fingerprint density at radius 3 is 2.40 bits per heavy atom. The maximum absolute atomic E-state index is 11.1. The standard InChI is InChI=1S/C15H15BrN2O2/c1-4-12-11(15(19)20)7-17-14(18-12)10-5-8(2)13(16)9(3)6-10/h5-7H,4H2,1-3H3,(H,19,20). The van der Waals surface area contributed by atoms with Crippen LogP contribution in [0.25, 0.3) is 11.4 Å². The Morgan fingerprint density at radius 2 is 1.90 bits per heavy atom. The predicted molar refractivity (Wildman–Crippen MR) is 81.0 cm³/mol. The molecule has 0 fully saturated rings. The van der Waals surface area contributed by atoms with E-state index < -0.39 is 5.97 Å². The van der Waals surface area contributed by atoms with Gasteiger partial charge in [-0.3, -0.25) is 0 Å². The zero-order valence-corrected chi connectivity index (χ0v) is 13.2. The average Bonchev–Trinajstić information content (AvgIpc) is 2.43. The normalized spacial score (nSPS) is 10.6. The van der Waals surface area contributed by atoms with Crippen molar-refractivity contribution in [3.8, 4) is 11.4 Å². The molecule has 1 aromatic carbocycles. The second-order valence-corrected chi connectivity index (χ2v) is 5.43. The first kappa shape index (κ1) is 14.7. The fraction of sp³-hybridized carbons (Fsp3) is 0.267. The summed E-state index contributed by atoms with van der Waals surface area (Å²) in [6, 6.07) is 3.98. The second-order valence-electron chi connectivity index (χ2n) is 4.64. The molecule has 0 amide bonds. The summed E-state index contributed by atoms with van der Waals surface area (Å²) in [5.74, 6) is -0.429. The van der Waals surface area contributed by atoms with Crippen molar-refractivity contribution in [3.63, 3.8) is 0 Å². The van der Waals surface area contributed by atoms with Crippen LogP contribution in [-0.4, -0.2) is 21.0 Å². The van der Waals surface area contributed by atoms with Gasteiger partial charge in [-0.15, -0.1) is 0 Å². The lowest BCUT2D eigenvalue weighted by atomic mass is 10.1. The maximum Gasteiger partial charge on any atom is 0.339 e. The number of hydrogen-bond donors (Lipinski definition) is 1. The van der Waals surface area contributed by atoms with E-state index in [1.165, 1.54) is 6.20 Å². The summed E-state index contributed by atoms with van der Waals surface area (Å²) in [5.41, 5.74) is 3.82. The summed E-state index contributed by atoms with van der Waals surface area (Å²) in [6.07, 6.45) is 1.95. The summed E-state index contributed by atoms with van der Waals surface area (Å²) in [4.78, 5) is 19.7. The van der Waals surface area contributed by atoms with E-state index in [0.717, 1.165) is 21.2 Å². The molecule has 0 spiro atoms. The van der Waals surface area contributed by atoms with Crippen molar-refractivity contribution in [1.82, 2.24) is 9.97 Å². The number of carboxylic acids is 1. The molecule has 2 rings (SSSR count). The summed E-state index contributed by atoms with van der Waals surface area (Å²) in [7, 11) is 0. The summed E-state index contributed by atoms with van der Waals surface area (Å²) < 4.78 is 1.07. The van der Waals surface area contributed by atoms with Crippen molar-refractivity contribution in [2.24, 2.45) is 0 Å². The van der Waals surface area contributed by atoms with Crippen LogP contribution in [0.1, 0.15) is 34.1 Å². The van der Waals surface area contributed by atoms with Crippen LogP contribution >= 0.6 is 15.9 Å². The third-order valence-corrected chi connectivity index (χ3v) is 4.38. The number of carboxylic acid groups (broad SMARTS) is 1. The predicted octanol–water partition coefficient (Wildman–Crippen LogP) is 3.78. The fourth-order valence-electron chi connectivity index (χ4n) is 2.08. The molecule has 1 heterocycles. The highest BCUT2D eigenvalue weighted by Crippen LogP contribution is 2.27. The van der Waals surface area contributed by atoms with Crippen LogP contribution in [0.15, 0.2) is 22.8 Å². The van der Waals surface area contributed by atoms with Crippen LogP contribution in [0.5, 0.6) is 0 Å². The zero-order valence-electron chi connectivity index (χ0n) is 11.6. The van der Waals surface area contributed by atoms with Gasteiger partial charge in [0.05, 0.1) is 11.3 Å². The van der Waals surface area contributed by atoms with Crippen molar-refractivity contribution in [2.45, 2.75) is 27.2 Å². The molecule has 0 atom stereocenters. The van der Waals surface area contributed by atoms with E-state index >= 15 is 0 Å². The molecule has 0 saturated heterocycles. The first-order chi connectivity index (χ1) is 9.43. The van der Waals surface area contributed by atoms with Gasteiger partial charge >= 0.3 is 5.97 Å². The SMILES string of the molecule is CCc1nc(-c2cc(C)c(Br)c(C)c2)ncc1C(=O)O. The molecule has 0 radical (unpaired) electrons. The number of rotatable bonds is 3. The van der Waals surface area contributed by atoms with Crippen LogP contribution in [-0.2, 0) is 6.42 Å². The highest BCUT2D eigenvalue weighted by molar-refractivity contribution is 9.10. The number of aromatic carboxylic acids is 1. The number of benzene rings is 1. The minimum atomic E-state index is -0.989. The van der Waals surface area contributed by atoms with Gasteiger partial charge in [0, 0.05) is 16.2 Å². The van der Waals surface area contributed by atoms with Crippen molar-refractivity contribution < 1.29 is 9.90 Å². The lowest BCUT2D eigenvalue weighted by Gasteiger charge is -2.09. The zero-order chi connectivity index (χ0) is 14.9. The highest BCUT2D eigenvalue weighted by atomic mass is 79.9. The third kappa shape index (κ3) is 2.72. The van der Waals surface area contributed by atoms with E-state index in [9.17, 15) is 4.79 Å². The molecule has 104 valence electrons. The van der Waals surface area contributed by atoms with E-state index in [1.54, 1.807) is 0 Å². The number of hydrogen-bond acceptors (Lipinski definition) is 3. The molecule has 2 aromatic rings. The fourth-order valence-corrected chi connectivity index (χ4v) is 2.31. The average molecular weight is 335 g/mol. The summed E-state index contributed by atoms with van der Waals surface area (Å²) in [6.45, 7) is 5.90. The Hall–Kier alpha value is -1.75. The summed E-state index contributed by atoms with van der Waals surface area (Å²) >= 11 is 3.53. The van der Waals surface area contributed by atoms with Crippen LogP contribution < -0.4 is 0 Å². The molecule has 0 unspecified atom stereocenters. The van der Waals surface area contributed by atoms with Gasteiger partial charge in [0.1, 0.15) is 0 Å². The van der Waals surface area contributed by atoms with E-state index in [4.69, 9.17) is 5.11 Å². The lowest BCUT2D eigenvalue weighted by Crippen LogP contribution is -2.06. The molecule has 1 N–H and O–H groups in total. The van der Waals surface area contributed by atoms with Crippen molar-refractivity contribution in [3.05, 3.63) is 45.2 Å². The molecule has 5 heteroatoms. The van der Waals surface area contributed by atoms with Crippen LogP contribution in [0.2, 0.25) is 0 Å². The van der Waals surface area contributed by atoms with Crippen molar-refractivity contribution in [1.29, 1.82) is 0 Å². The van der Waals surface area contributed by atoms with Gasteiger partial charge in [0.2, 0.25) is 0 Å². The molecule has 0 aliphatic carbocycles. The summed E-state index contributed by atoms with van der Waals surface area (Å²) in [5, 5.41) is 9.10. The van der Waals surface area contributed by atoms with Crippen LogP contribution in [0.3, 0.4) is 0 Å². The second kappa shape index (κ2) is 5.71. The molecular formula is C15H15BrN2O2. The molecule has 1 aromatic heterocycles. The molecule has 0 aliphatic heterocycles. The van der Waals surface area contributed by atoms with Gasteiger partial charge in [0.15, 0.2) is 5.82 Å². The number of carbonyl (C=O) groups is 1. The molecular weight excluding hydrogens is 320 g/mol. The Morgan fingerprint density at radius 1 is 1.30 bits per heavy atom. The van der Waals surface area contributed by atoms with Gasteiger partial charge in [0.25, 0.3) is 0 Å². The molecule has 0 aliphatic rings. The quantitative estimate of drug-likeness (QED) is 0.927. The number of halogens is 1. The Labute approximate surface area is 126 Å². The van der Waals surface area contributed by atoms with E-state index in [0.29, 0.717) is 17.9 Å². The van der Waals surface area contributed by atoms with Gasteiger partial charge < -0.3 is 5.11 Å². The van der Waals surface area contributed by atoms with Crippen molar-refractivity contribution >= 4 is 21.9 Å². The monoisotopic (exact) mass is 334 g/mol. The highest BCUT2D eigenvalue weighted by Gasteiger charge is 2.14. The largest absolute Gasteiger partial charge is 0.478 e. The topological polar surface area (TPSA) is 63.1 Å². The minimum Gasteiger partial charge on any atom is -0.478 e. The van der Waals surface area contributed by atoms with Crippen LogP contribution in [0, 0.1) is 13.8 Å².